The van der Waals surface area contributed by atoms with Crippen LogP contribution in [-0.2, 0) is 16.1 Å². The van der Waals surface area contributed by atoms with Gasteiger partial charge in [0.05, 0.1) is 14.2 Å². The van der Waals surface area contributed by atoms with Crippen molar-refractivity contribution < 1.29 is 19.1 Å². The summed E-state index contributed by atoms with van der Waals surface area (Å²) in [7, 11) is 2.83. The van der Waals surface area contributed by atoms with E-state index in [0.29, 0.717) is 17.9 Å². The van der Waals surface area contributed by atoms with Gasteiger partial charge < -0.3 is 14.8 Å². The molecule has 1 atom stereocenters. The fraction of sp³-hybridized carbons (Fsp3) is 0.412. The van der Waals surface area contributed by atoms with Gasteiger partial charge in [-0.25, -0.2) is 4.79 Å². The predicted molar refractivity (Wildman–Crippen MR) is 82.7 cm³/mol. The number of esters is 1. The molecule has 1 aromatic carbocycles. The van der Waals surface area contributed by atoms with Crippen LogP contribution in [0.5, 0.6) is 5.75 Å². The molecule has 0 saturated carbocycles. The summed E-state index contributed by atoms with van der Waals surface area (Å²) < 4.78 is 9.89. The van der Waals surface area contributed by atoms with E-state index in [4.69, 9.17) is 9.47 Å². The highest BCUT2D eigenvalue weighted by Gasteiger charge is 2.19. The SMILES string of the molecule is COC(=O)c1cc(CNC(=O)C2CC=CCC2)ccc1OC. The Balaban J connectivity index is 2.02. The molecule has 0 saturated heterocycles. The Morgan fingerprint density at radius 3 is 2.73 bits per heavy atom. The number of benzene rings is 1. The van der Waals surface area contributed by atoms with E-state index in [-0.39, 0.29) is 11.8 Å². The summed E-state index contributed by atoms with van der Waals surface area (Å²) in [6.45, 7) is 0.382. The number of carbonyl (C=O) groups excluding carboxylic acids is 2. The predicted octanol–water partition coefficient (Wildman–Crippen LogP) is 2.45. The zero-order valence-electron chi connectivity index (χ0n) is 12.9. The third-order valence-corrected chi connectivity index (χ3v) is 3.78. The van der Waals surface area contributed by atoms with E-state index >= 15 is 0 Å². The number of amides is 1. The Bertz CT molecular complexity index is 580. The Morgan fingerprint density at radius 2 is 2.09 bits per heavy atom. The smallest absolute Gasteiger partial charge is 0.341 e. The van der Waals surface area contributed by atoms with Crippen LogP contribution in [0.3, 0.4) is 0 Å². The number of hydrogen-bond acceptors (Lipinski definition) is 4. The van der Waals surface area contributed by atoms with Gasteiger partial charge in [0.2, 0.25) is 5.91 Å². The first-order valence-corrected chi connectivity index (χ1v) is 7.33. The van der Waals surface area contributed by atoms with Crippen molar-refractivity contribution in [2.24, 2.45) is 5.92 Å². The van der Waals surface area contributed by atoms with Crippen molar-refractivity contribution in [2.45, 2.75) is 25.8 Å². The van der Waals surface area contributed by atoms with Crippen LogP contribution in [0.25, 0.3) is 0 Å². The summed E-state index contributed by atoms with van der Waals surface area (Å²) in [5.41, 5.74) is 1.19. The molecule has 0 spiro atoms. The van der Waals surface area contributed by atoms with E-state index in [1.54, 1.807) is 12.1 Å². The zero-order valence-corrected chi connectivity index (χ0v) is 12.9. The van der Waals surface area contributed by atoms with Crippen LogP contribution in [0.15, 0.2) is 30.4 Å². The molecule has 5 nitrogen and oxygen atoms in total. The summed E-state index contributed by atoms with van der Waals surface area (Å²) in [4.78, 5) is 23.8. The van der Waals surface area contributed by atoms with Crippen LogP contribution in [-0.4, -0.2) is 26.1 Å². The second-order valence-electron chi connectivity index (χ2n) is 5.23. The topological polar surface area (TPSA) is 64.6 Å². The molecule has 2 rings (SSSR count). The van der Waals surface area contributed by atoms with Gasteiger partial charge in [-0.1, -0.05) is 18.2 Å². The molecule has 0 aliphatic heterocycles. The maximum absolute atomic E-state index is 12.1. The van der Waals surface area contributed by atoms with E-state index in [9.17, 15) is 9.59 Å². The Labute approximate surface area is 130 Å². The van der Waals surface area contributed by atoms with Crippen LogP contribution < -0.4 is 10.1 Å². The molecule has 1 aliphatic carbocycles. The fourth-order valence-corrected chi connectivity index (χ4v) is 2.50. The standard InChI is InChI=1S/C17H21NO4/c1-21-15-9-8-12(10-14(15)17(20)22-2)11-18-16(19)13-6-4-3-5-7-13/h3-4,8-10,13H,5-7,11H2,1-2H3,(H,18,19). The highest BCUT2D eigenvalue weighted by atomic mass is 16.5. The van der Waals surface area contributed by atoms with E-state index in [1.807, 2.05) is 6.07 Å². The van der Waals surface area contributed by atoms with E-state index < -0.39 is 5.97 Å². The van der Waals surface area contributed by atoms with Gasteiger partial charge >= 0.3 is 5.97 Å². The number of methoxy groups -OCH3 is 2. The first-order chi connectivity index (χ1) is 10.7. The van der Waals surface area contributed by atoms with Crippen molar-refractivity contribution in [1.29, 1.82) is 0 Å². The van der Waals surface area contributed by atoms with Gasteiger partial charge in [-0.05, 0) is 37.0 Å². The van der Waals surface area contributed by atoms with Gasteiger partial charge in [0.25, 0.3) is 0 Å². The van der Waals surface area contributed by atoms with Crippen LogP contribution in [0.4, 0.5) is 0 Å². The van der Waals surface area contributed by atoms with E-state index in [2.05, 4.69) is 17.5 Å². The summed E-state index contributed by atoms with van der Waals surface area (Å²) in [5, 5.41) is 2.92. The van der Waals surface area contributed by atoms with Gasteiger partial charge in [-0.2, -0.15) is 0 Å². The third-order valence-electron chi connectivity index (χ3n) is 3.78. The summed E-state index contributed by atoms with van der Waals surface area (Å²) >= 11 is 0. The van der Waals surface area contributed by atoms with Gasteiger partial charge in [0.1, 0.15) is 11.3 Å². The van der Waals surface area contributed by atoms with Crippen molar-refractivity contribution in [1.82, 2.24) is 5.32 Å². The Hall–Kier alpha value is -2.30. The molecule has 1 unspecified atom stereocenters. The molecule has 5 heteroatoms. The first kappa shape index (κ1) is 16.1. The monoisotopic (exact) mass is 303 g/mol. The molecular formula is C17H21NO4. The van der Waals surface area contributed by atoms with Crippen molar-refractivity contribution in [2.75, 3.05) is 14.2 Å². The molecule has 0 radical (unpaired) electrons. The second kappa shape index (κ2) is 7.64. The maximum Gasteiger partial charge on any atom is 0.341 e. The van der Waals surface area contributed by atoms with Crippen molar-refractivity contribution in [3.8, 4) is 5.75 Å². The molecule has 0 bridgehead atoms. The third kappa shape index (κ3) is 3.87. The largest absolute Gasteiger partial charge is 0.496 e. The minimum Gasteiger partial charge on any atom is -0.496 e. The molecule has 1 aromatic rings. The molecule has 0 fully saturated rings. The molecule has 0 heterocycles. The Morgan fingerprint density at radius 1 is 1.27 bits per heavy atom. The lowest BCUT2D eigenvalue weighted by Gasteiger charge is -2.17. The normalized spacial score (nSPS) is 16.9. The number of ether oxygens (including phenoxy) is 2. The van der Waals surface area contributed by atoms with Gasteiger partial charge in [-0.3, -0.25) is 4.79 Å². The molecule has 0 aromatic heterocycles. The second-order valence-corrected chi connectivity index (χ2v) is 5.23. The number of nitrogens with one attached hydrogen (secondary N) is 1. The number of carbonyl (C=O) groups is 2. The van der Waals surface area contributed by atoms with Crippen LogP contribution in [0.2, 0.25) is 0 Å². The highest BCUT2D eigenvalue weighted by Crippen LogP contribution is 2.21. The van der Waals surface area contributed by atoms with Crippen LogP contribution >= 0.6 is 0 Å². The molecular weight excluding hydrogens is 282 g/mol. The minimum absolute atomic E-state index is 0.0447. The first-order valence-electron chi connectivity index (χ1n) is 7.33. The maximum atomic E-state index is 12.1. The van der Waals surface area contributed by atoms with Crippen LogP contribution in [0.1, 0.15) is 35.2 Å². The average Bonchev–Trinajstić information content (AvgIpc) is 2.59. The lowest BCUT2D eigenvalue weighted by molar-refractivity contribution is -0.125. The summed E-state index contributed by atoms with van der Waals surface area (Å²) in [5.74, 6) is 0.102. The zero-order chi connectivity index (χ0) is 15.9. The lowest BCUT2D eigenvalue weighted by atomic mass is 9.93. The van der Waals surface area contributed by atoms with Crippen molar-refractivity contribution in [3.05, 3.63) is 41.5 Å². The summed E-state index contributed by atoms with van der Waals surface area (Å²) in [6, 6.07) is 5.22. The van der Waals surface area contributed by atoms with Gasteiger partial charge in [0, 0.05) is 12.5 Å². The lowest BCUT2D eigenvalue weighted by Crippen LogP contribution is -2.30. The minimum atomic E-state index is -0.456. The van der Waals surface area contributed by atoms with E-state index in [0.717, 1.165) is 24.8 Å². The number of rotatable bonds is 5. The quantitative estimate of drug-likeness (QED) is 0.670. The van der Waals surface area contributed by atoms with Crippen molar-refractivity contribution >= 4 is 11.9 Å². The van der Waals surface area contributed by atoms with Gasteiger partial charge in [-0.15, -0.1) is 0 Å². The number of hydrogen-bond donors (Lipinski definition) is 1. The van der Waals surface area contributed by atoms with Crippen LogP contribution in [0, 0.1) is 5.92 Å². The molecule has 118 valence electrons. The molecule has 1 N–H and O–H groups in total. The number of allylic oxidation sites excluding steroid dienone is 2. The Kier molecular flexibility index (Phi) is 5.58. The fourth-order valence-electron chi connectivity index (χ4n) is 2.50. The van der Waals surface area contributed by atoms with Crippen molar-refractivity contribution in [3.63, 3.8) is 0 Å². The highest BCUT2D eigenvalue weighted by molar-refractivity contribution is 5.92. The van der Waals surface area contributed by atoms with E-state index in [1.165, 1.54) is 14.2 Å². The summed E-state index contributed by atoms with van der Waals surface area (Å²) in [6.07, 6.45) is 6.79. The molecule has 1 amide bonds. The molecule has 1 aliphatic rings. The molecule has 22 heavy (non-hydrogen) atoms. The average molecular weight is 303 g/mol. The van der Waals surface area contributed by atoms with Gasteiger partial charge in [0.15, 0.2) is 0 Å².